The first-order chi connectivity index (χ1) is 16.5. The molecule has 2 saturated heterocycles. The van der Waals surface area contributed by atoms with Crippen molar-refractivity contribution in [3.63, 3.8) is 0 Å². The van der Waals surface area contributed by atoms with Crippen LogP contribution in [0.5, 0.6) is 0 Å². The van der Waals surface area contributed by atoms with Crippen LogP contribution in [0.3, 0.4) is 0 Å². The molecule has 0 saturated carbocycles. The SMILES string of the molecule is O=C(Nc1cccc(Cl)c1)N1CCN(Cc2nc3cc(C(=O)N4CCCCC4)ccc3o2)CC1. The van der Waals surface area contributed by atoms with E-state index in [4.69, 9.17) is 16.0 Å². The van der Waals surface area contributed by atoms with Gasteiger partial charge in [0.1, 0.15) is 5.52 Å². The molecular formula is C25H28ClN5O3. The average molecular weight is 482 g/mol. The number of anilines is 1. The lowest BCUT2D eigenvalue weighted by Gasteiger charge is -2.34. The summed E-state index contributed by atoms with van der Waals surface area (Å²) in [6.07, 6.45) is 3.32. The van der Waals surface area contributed by atoms with Gasteiger partial charge in [-0.1, -0.05) is 17.7 Å². The van der Waals surface area contributed by atoms with Gasteiger partial charge in [-0.25, -0.2) is 9.78 Å². The maximum atomic E-state index is 12.8. The third kappa shape index (κ3) is 5.18. The normalized spacial score (nSPS) is 17.2. The number of nitrogens with zero attached hydrogens (tertiary/aromatic N) is 4. The highest BCUT2D eigenvalue weighted by molar-refractivity contribution is 6.30. The summed E-state index contributed by atoms with van der Waals surface area (Å²) in [6.45, 7) is 4.88. The Labute approximate surface area is 203 Å². The molecule has 9 heteroatoms. The summed E-state index contributed by atoms with van der Waals surface area (Å²) in [5, 5.41) is 3.48. The van der Waals surface area contributed by atoms with Crippen LogP contribution in [-0.2, 0) is 6.54 Å². The Morgan fingerprint density at radius 1 is 0.941 bits per heavy atom. The smallest absolute Gasteiger partial charge is 0.321 e. The molecule has 3 heterocycles. The van der Waals surface area contributed by atoms with Gasteiger partial charge in [0, 0.05) is 55.5 Å². The van der Waals surface area contributed by atoms with Crippen LogP contribution in [0.1, 0.15) is 35.5 Å². The van der Waals surface area contributed by atoms with Crippen LogP contribution in [0.2, 0.25) is 5.02 Å². The van der Waals surface area contributed by atoms with Crippen LogP contribution >= 0.6 is 11.6 Å². The molecule has 2 fully saturated rings. The van der Waals surface area contributed by atoms with Gasteiger partial charge < -0.3 is 19.5 Å². The number of rotatable bonds is 4. The predicted octanol–water partition coefficient (Wildman–Crippen LogP) is 4.46. The van der Waals surface area contributed by atoms with E-state index in [1.54, 1.807) is 17.0 Å². The first-order valence-corrected chi connectivity index (χ1v) is 12.2. The number of carbonyl (C=O) groups is 2. The Kier molecular flexibility index (Phi) is 6.69. The molecule has 178 valence electrons. The highest BCUT2D eigenvalue weighted by atomic mass is 35.5. The number of carbonyl (C=O) groups excluding carboxylic acids is 2. The number of likely N-dealkylation sites (tertiary alicyclic amines) is 1. The van der Waals surface area contributed by atoms with Crippen molar-refractivity contribution in [1.29, 1.82) is 0 Å². The van der Waals surface area contributed by atoms with Crippen LogP contribution in [0.25, 0.3) is 11.1 Å². The number of aromatic nitrogens is 1. The number of benzene rings is 2. The van der Waals surface area contributed by atoms with Crippen LogP contribution in [0.4, 0.5) is 10.5 Å². The summed E-state index contributed by atoms with van der Waals surface area (Å²) in [7, 11) is 0. The fourth-order valence-corrected chi connectivity index (χ4v) is 4.71. The second kappa shape index (κ2) is 10.0. The Morgan fingerprint density at radius 2 is 1.74 bits per heavy atom. The molecule has 1 N–H and O–H groups in total. The number of fused-ring (bicyclic) bond motifs is 1. The molecule has 3 amide bonds. The van der Waals surface area contributed by atoms with Gasteiger partial charge in [0.2, 0.25) is 5.89 Å². The van der Waals surface area contributed by atoms with Crippen molar-refractivity contribution < 1.29 is 14.0 Å². The van der Waals surface area contributed by atoms with Gasteiger partial charge >= 0.3 is 6.03 Å². The number of piperidine rings is 1. The van der Waals surface area contributed by atoms with Gasteiger partial charge in [0.15, 0.2) is 5.58 Å². The van der Waals surface area contributed by atoms with Gasteiger partial charge in [0.25, 0.3) is 5.91 Å². The molecule has 8 nitrogen and oxygen atoms in total. The van der Waals surface area contributed by atoms with Crippen molar-refractivity contribution in [2.24, 2.45) is 0 Å². The lowest BCUT2D eigenvalue weighted by Crippen LogP contribution is -2.49. The van der Waals surface area contributed by atoms with Crippen molar-refractivity contribution in [3.8, 4) is 0 Å². The molecule has 3 aromatic rings. The number of urea groups is 1. The average Bonchev–Trinajstić information content (AvgIpc) is 3.26. The van der Waals surface area contributed by atoms with Gasteiger partial charge in [-0.2, -0.15) is 0 Å². The van der Waals surface area contributed by atoms with E-state index in [2.05, 4.69) is 15.2 Å². The standard InChI is InChI=1S/C25H28ClN5O3/c26-19-5-4-6-20(16-19)27-25(33)31-13-11-29(12-14-31)17-23-28-21-15-18(7-8-22(21)34-23)24(32)30-9-2-1-3-10-30/h4-8,15-16H,1-3,9-14,17H2,(H,27,33). The summed E-state index contributed by atoms with van der Waals surface area (Å²) < 4.78 is 5.93. The molecule has 0 atom stereocenters. The minimum Gasteiger partial charge on any atom is -0.439 e. The summed E-state index contributed by atoms with van der Waals surface area (Å²) in [4.78, 5) is 35.9. The van der Waals surface area contributed by atoms with E-state index in [1.165, 1.54) is 6.42 Å². The maximum absolute atomic E-state index is 12.8. The van der Waals surface area contributed by atoms with Crippen LogP contribution in [0.15, 0.2) is 46.9 Å². The Hall–Kier alpha value is -3.10. The molecule has 0 bridgehead atoms. The molecule has 0 spiro atoms. The maximum Gasteiger partial charge on any atom is 0.321 e. The van der Waals surface area contributed by atoms with Gasteiger partial charge in [-0.15, -0.1) is 0 Å². The van der Waals surface area contributed by atoms with Gasteiger partial charge in [-0.3, -0.25) is 9.69 Å². The summed E-state index contributed by atoms with van der Waals surface area (Å²) in [5.41, 5.74) is 2.74. The van der Waals surface area contributed by atoms with Crippen LogP contribution in [0, 0.1) is 0 Å². The van der Waals surface area contributed by atoms with E-state index in [-0.39, 0.29) is 11.9 Å². The number of nitrogens with one attached hydrogen (secondary N) is 1. The van der Waals surface area contributed by atoms with Crippen molar-refractivity contribution in [2.75, 3.05) is 44.6 Å². The monoisotopic (exact) mass is 481 g/mol. The number of halogens is 1. The van der Waals surface area contributed by atoms with Gasteiger partial charge in [-0.05, 0) is 55.7 Å². The van der Waals surface area contributed by atoms with E-state index in [0.29, 0.717) is 52.9 Å². The second-order valence-corrected chi connectivity index (χ2v) is 9.28. The van der Waals surface area contributed by atoms with E-state index < -0.39 is 0 Å². The summed E-state index contributed by atoms with van der Waals surface area (Å²) in [5.74, 6) is 0.688. The zero-order chi connectivity index (χ0) is 23.5. The lowest BCUT2D eigenvalue weighted by atomic mass is 10.1. The zero-order valence-electron chi connectivity index (χ0n) is 19.0. The third-order valence-electron chi connectivity index (χ3n) is 6.42. The van der Waals surface area contributed by atoms with E-state index in [0.717, 1.165) is 39.0 Å². The van der Waals surface area contributed by atoms with Crippen molar-refractivity contribution in [2.45, 2.75) is 25.8 Å². The molecule has 2 aliphatic heterocycles. The number of oxazole rings is 1. The Morgan fingerprint density at radius 3 is 2.50 bits per heavy atom. The van der Waals surface area contributed by atoms with E-state index >= 15 is 0 Å². The summed E-state index contributed by atoms with van der Waals surface area (Å²) in [6, 6.07) is 12.5. The molecule has 0 aliphatic carbocycles. The quantitative estimate of drug-likeness (QED) is 0.595. The van der Waals surface area contributed by atoms with Gasteiger partial charge in [0.05, 0.1) is 6.54 Å². The predicted molar refractivity (Wildman–Crippen MR) is 131 cm³/mol. The number of hydrogen-bond donors (Lipinski definition) is 1. The molecule has 5 rings (SSSR count). The van der Waals surface area contributed by atoms with Crippen molar-refractivity contribution in [1.82, 2.24) is 19.7 Å². The van der Waals surface area contributed by atoms with Crippen LogP contribution in [-0.4, -0.2) is 70.9 Å². The fourth-order valence-electron chi connectivity index (χ4n) is 4.52. The molecular weight excluding hydrogens is 454 g/mol. The van der Waals surface area contributed by atoms with E-state index in [9.17, 15) is 9.59 Å². The number of amides is 3. The van der Waals surface area contributed by atoms with Crippen molar-refractivity contribution in [3.05, 3.63) is 58.9 Å². The molecule has 0 unspecified atom stereocenters. The Balaban J connectivity index is 1.16. The molecule has 0 radical (unpaired) electrons. The molecule has 34 heavy (non-hydrogen) atoms. The zero-order valence-corrected chi connectivity index (χ0v) is 19.8. The second-order valence-electron chi connectivity index (χ2n) is 8.85. The van der Waals surface area contributed by atoms with Crippen LogP contribution < -0.4 is 5.32 Å². The number of piperazine rings is 1. The first kappa shape index (κ1) is 22.7. The highest BCUT2D eigenvalue weighted by Gasteiger charge is 2.23. The minimum absolute atomic E-state index is 0.0679. The first-order valence-electron chi connectivity index (χ1n) is 11.8. The third-order valence-corrected chi connectivity index (χ3v) is 6.65. The number of hydrogen-bond acceptors (Lipinski definition) is 5. The topological polar surface area (TPSA) is 81.9 Å². The molecule has 2 aromatic carbocycles. The molecule has 1 aromatic heterocycles. The Bertz CT molecular complexity index is 1180. The van der Waals surface area contributed by atoms with Crippen molar-refractivity contribution >= 4 is 40.3 Å². The highest BCUT2D eigenvalue weighted by Crippen LogP contribution is 2.21. The lowest BCUT2D eigenvalue weighted by molar-refractivity contribution is 0.0724. The molecule has 2 aliphatic rings. The summed E-state index contributed by atoms with van der Waals surface area (Å²) >= 11 is 5.99. The largest absolute Gasteiger partial charge is 0.439 e. The minimum atomic E-state index is -0.130. The van der Waals surface area contributed by atoms with E-state index in [1.807, 2.05) is 35.2 Å². The fraction of sp³-hybridized carbons (Fsp3) is 0.400.